The molecule has 1 aromatic rings. The van der Waals surface area contributed by atoms with Crippen LogP contribution in [0.1, 0.15) is 39.5 Å². The highest BCUT2D eigenvalue weighted by Crippen LogP contribution is 2.32. The smallest absolute Gasteiger partial charge is 0.257 e. The number of anilines is 1. The molecule has 0 aliphatic heterocycles. The van der Waals surface area contributed by atoms with Gasteiger partial charge in [0.2, 0.25) is 0 Å². The van der Waals surface area contributed by atoms with Crippen LogP contribution in [0.3, 0.4) is 0 Å². The molecule has 1 amide bonds. The molecular formula is C13H21N3O2. The molecule has 0 saturated heterocycles. The predicted octanol–water partition coefficient (Wildman–Crippen LogP) is 1.78. The monoisotopic (exact) mass is 251 g/mol. The van der Waals surface area contributed by atoms with Crippen molar-refractivity contribution in [1.29, 1.82) is 0 Å². The summed E-state index contributed by atoms with van der Waals surface area (Å²) in [5.41, 5.74) is -1.16. The summed E-state index contributed by atoms with van der Waals surface area (Å²) in [5, 5.41) is 16.8. The van der Waals surface area contributed by atoms with E-state index in [0.29, 0.717) is 24.6 Å². The molecule has 1 aromatic heterocycles. The zero-order valence-electron chi connectivity index (χ0n) is 11.0. The largest absolute Gasteiger partial charge is 0.380 e. The number of rotatable bonds is 5. The van der Waals surface area contributed by atoms with Crippen molar-refractivity contribution in [1.82, 2.24) is 9.78 Å². The first kappa shape index (κ1) is 13.1. The van der Waals surface area contributed by atoms with Gasteiger partial charge in [-0.05, 0) is 31.6 Å². The van der Waals surface area contributed by atoms with Crippen LogP contribution in [-0.2, 0) is 11.3 Å². The number of nitrogens with zero attached hydrogens (tertiary/aromatic N) is 2. The number of hydrogen-bond donors (Lipinski definition) is 2. The average Bonchev–Trinajstić information content (AvgIpc) is 2.70. The van der Waals surface area contributed by atoms with Crippen LogP contribution in [0.25, 0.3) is 0 Å². The molecular weight excluding hydrogens is 230 g/mol. The zero-order chi connectivity index (χ0) is 13.2. The van der Waals surface area contributed by atoms with Crippen molar-refractivity contribution in [3.05, 3.63) is 12.3 Å². The third kappa shape index (κ3) is 2.90. The summed E-state index contributed by atoms with van der Waals surface area (Å²) < 4.78 is 1.82. The van der Waals surface area contributed by atoms with E-state index in [9.17, 15) is 9.90 Å². The Kier molecular flexibility index (Phi) is 3.71. The van der Waals surface area contributed by atoms with Crippen LogP contribution in [0.15, 0.2) is 12.3 Å². The van der Waals surface area contributed by atoms with Gasteiger partial charge < -0.3 is 10.4 Å². The first-order chi connectivity index (χ1) is 8.49. The van der Waals surface area contributed by atoms with Crippen LogP contribution >= 0.6 is 0 Å². The maximum absolute atomic E-state index is 11.8. The molecule has 18 heavy (non-hydrogen) atoms. The number of aliphatic hydroxyl groups is 1. The van der Waals surface area contributed by atoms with E-state index in [4.69, 9.17) is 0 Å². The molecule has 5 heteroatoms. The summed E-state index contributed by atoms with van der Waals surface area (Å²) in [6, 6.07) is 1.76. The van der Waals surface area contributed by atoms with Gasteiger partial charge in [0, 0.05) is 18.8 Å². The fourth-order valence-electron chi connectivity index (χ4n) is 1.91. The molecule has 0 radical (unpaired) electrons. The second-order valence-corrected chi connectivity index (χ2v) is 5.49. The van der Waals surface area contributed by atoms with Gasteiger partial charge in [-0.3, -0.25) is 9.48 Å². The van der Waals surface area contributed by atoms with E-state index in [-0.39, 0.29) is 5.91 Å². The first-order valence-electron chi connectivity index (χ1n) is 6.57. The van der Waals surface area contributed by atoms with Crippen LogP contribution in [0.2, 0.25) is 0 Å². The Bertz CT molecular complexity index is 422. The van der Waals surface area contributed by atoms with E-state index in [0.717, 1.165) is 19.4 Å². The Labute approximate surface area is 107 Å². The molecule has 0 spiro atoms. The molecule has 0 atom stereocenters. The standard InChI is InChI=1S/C13H21N3O2/c1-10(2)4-8-16-9-5-11(15-16)14-12(17)13(18)6-3-7-13/h5,9-10,18H,3-4,6-8H2,1-2H3,(H,14,15,17). The average molecular weight is 251 g/mol. The molecule has 5 nitrogen and oxygen atoms in total. The number of nitrogens with one attached hydrogen (secondary N) is 1. The molecule has 2 rings (SSSR count). The number of hydrogen-bond acceptors (Lipinski definition) is 3. The van der Waals surface area contributed by atoms with Gasteiger partial charge in [0.05, 0.1) is 0 Å². The van der Waals surface area contributed by atoms with E-state index in [1.54, 1.807) is 6.07 Å². The van der Waals surface area contributed by atoms with Crippen molar-refractivity contribution >= 4 is 11.7 Å². The zero-order valence-corrected chi connectivity index (χ0v) is 11.0. The number of carbonyl (C=O) groups is 1. The summed E-state index contributed by atoms with van der Waals surface area (Å²) in [6.07, 6.45) is 4.91. The summed E-state index contributed by atoms with van der Waals surface area (Å²) >= 11 is 0. The van der Waals surface area contributed by atoms with Crippen molar-refractivity contribution in [3.8, 4) is 0 Å². The lowest BCUT2D eigenvalue weighted by Gasteiger charge is -2.34. The van der Waals surface area contributed by atoms with Crippen LogP contribution < -0.4 is 5.32 Å². The van der Waals surface area contributed by atoms with Crippen molar-refractivity contribution in [3.63, 3.8) is 0 Å². The first-order valence-corrected chi connectivity index (χ1v) is 6.57. The molecule has 100 valence electrons. The SMILES string of the molecule is CC(C)CCn1ccc(NC(=O)C2(O)CCC2)n1. The Balaban J connectivity index is 1.88. The Morgan fingerprint density at radius 1 is 1.61 bits per heavy atom. The maximum atomic E-state index is 11.8. The Morgan fingerprint density at radius 2 is 2.33 bits per heavy atom. The van der Waals surface area contributed by atoms with Crippen molar-refractivity contribution in [2.24, 2.45) is 5.92 Å². The minimum atomic E-state index is -1.16. The molecule has 0 bridgehead atoms. The van der Waals surface area contributed by atoms with E-state index in [2.05, 4.69) is 24.3 Å². The van der Waals surface area contributed by atoms with Gasteiger partial charge in [0.25, 0.3) is 5.91 Å². The van der Waals surface area contributed by atoms with Gasteiger partial charge in [0.1, 0.15) is 5.60 Å². The molecule has 0 aromatic carbocycles. The Morgan fingerprint density at radius 3 is 2.89 bits per heavy atom. The minimum absolute atomic E-state index is 0.331. The topological polar surface area (TPSA) is 67.2 Å². The van der Waals surface area contributed by atoms with Gasteiger partial charge in [-0.1, -0.05) is 13.8 Å². The highest BCUT2D eigenvalue weighted by Gasteiger charge is 2.42. The number of amides is 1. The predicted molar refractivity (Wildman–Crippen MR) is 69.1 cm³/mol. The normalized spacial score (nSPS) is 17.6. The highest BCUT2D eigenvalue weighted by molar-refractivity contribution is 5.96. The Hall–Kier alpha value is -1.36. The van der Waals surface area contributed by atoms with Crippen LogP contribution in [0.5, 0.6) is 0 Å². The number of carbonyl (C=O) groups excluding carboxylic acids is 1. The van der Waals surface area contributed by atoms with Crippen molar-refractivity contribution < 1.29 is 9.90 Å². The van der Waals surface area contributed by atoms with E-state index in [1.165, 1.54) is 0 Å². The fraction of sp³-hybridized carbons (Fsp3) is 0.692. The molecule has 1 heterocycles. The van der Waals surface area contributed by atoms with Gasteiger partial charge >= 0.3 is 0 Å². The molecule has 2 N–H and O–H groups in total. The van der Waals surface area contributed by atoms with Gasteiger partial charge in [-0.2, -0.15) is 5.10 Å². The van der Waals surface area contributed by atoms with Crippen LogP contribution in [0, 0.1) is 5.92 Å². The molecule has 0 unspecified atom stereocenters. The fourth-order valence-corrected chi connectivity index (χ4v) is 1.91. The summed E-state index contributed by atoms with van der Waals surface area (Å²) in [6.45, 7) is 5.18. The second kappa shape index (κ2) is 5.10. The van der Waals surface area contributed by atoms with E-state index in [1.807, 2.05) is 10.9 Å². The van der Waals surface area contributed by atoms with Crippen molar-refractivity contribution in [2.45, 2.75) is 51.7 Å². The van der Waals surface area contributed by atoms with E-state index < -0.39 is 5.60 Å². The lowest BCUT2D eigenvalue weighted by Crippen LogP contribution is -2.48. The van der Waals surface area contributed by atoms with Gasteiger partial charge in [-0.15, -0.1) is 0 Å². The van der Waals surface area contributed by atoms with Gasteiger partial charge in [-0.25, -0.2) is 0 Å². The molecule has 1 saturated carbocycles. The third-order valence-corrected chi connectivity index (χ3v) is 3.42. The lowest BCUT2D eigenvalue weighted by atomic mass is 9.79. The molecule has 1 aliphatic rings. The number of aromatic nitrogens is 2. The van der Waals surface area contributed by atoms with E-state index >= 15 is 0 Å². The molecule has 1 aliphatic carbocycles. The minimum Gasteiger partial charge on any atom is -0.380 e. The number of aryl methyl sites for hydroxylation is 1. The third-order valence-electron chi connectivity index (χ3n) is 3.42. The maximum Gasteiger partial charge on any atom is 0.257 e. The summed E-state index contributed by atoms with van der Waals surface area (Å²) in [5.74, 6) is 0.815. The quantitative estimate of drug-likeness (QED) is 0.838. The van der Waals surface area contributed by atoms with Crippen molar-refractivity contribution in [2.75, 3.05) is 5.32 Å². The second-order valence-electron chi connectivity index (χ2n) is 5.49. The molecule has 1 fully saturated rings. The van der Waals surface area contributed by atoms with Crippen LogP contribution in [0.4, 0.5) is 5.82 Å². The highest BCUT2D eigenvalue weighted by atomic mass is 16.3. The summed E-state index contributed by atoms with van der Waals surface area (Å²) in [4.78, 5) is 11.8. The van der Waals surface area contributed by atoms with Gasteiger partial charge in [0.15, 0.2) is 5.82 Å². The lowest BCUT2D eigenvalue weighted by molar-refractivity contribution is -0.142. The summed E-state index contributed by atoms with van der Waals surface area (Å²) in [7, 11) is 0. The van der Waals surface area contributed by atoms with Crippen LogP contribution in [-0.4, -0.2) is 26.4 Å².